The van der Waals surface area contributed by atoms with E-state index in [0.29, 0.717) is 12.5 Å². The van der Waals surface area contributed by atoms with E-state index in [1.807, 2.05) is 7.05 Å². The van der Waals surface area contributed by atoms with Gasteiger partial charge < -0.3 is 24.4 Å². The smallest absolute Gasteiger partial charge is 0.193 e. The van der Waals surface area contributed by atoms with Gasteiger partial charge in [0.2, 0.25) is 0 Å². The minimum absolute atomic E-state index is 0. The van der Waals surface area contributed by atoms with Crippen molar-refractivity contribution in [2.24, 2.45) is 10.9 Å². The van der Waals surface area contributed by atoms with Crippen LogP contribution in [0.2, 0.25) is 0 Å². The van der Waals surface area contributed by atoms with Gasteiger partial charge in [-0.15, -0.1) is 24.0 Å². The van der Waals surface area contributed by atoms with Gasteiger partial charge in [-0.1, -0.05) is 6.07 Å². The summed E-state index contributed by atoms with van der Waals surface area (Å²) in [5.74, 6) is 2.41. The fourth-order valence-corrected chi connectivity index (χ4v) is 3.21. The van der Waals surface area contributed by atoms with Crippen LogP contribution >= 0.6 is 24.0 Å². The van der Waals surface area contributed by atoms with Crippen LogP contribution in [0.25, 0.3) is 0 Å². The average molecular weight is 519 g/mol. The molecule has 1 aliphatic rings. The molecule has 2 rings (SSSR count). The molecule has 0 saturated carbocycles. The topological polar surface area (TPSA) is 55.3 Å². The highest BCUT2D eigenvalue weighted by Crippen LogP contribution is 2.16. The molecule has 1 saturated heterocycles. The maximum absolute atomic E-state index is 5.92. The summed E-state index contributed by atoms with van der Waals surface area (Å²) >= 11 is 0. The van der Waals surface area contributed by atoms with Gasteiger partial charge in [0.25, 0.3) is 0 Å². The molecule has 1 aromatic carbocycles. The van der Waals surface area contributed by atoms with E-state index in [4.69, 9.17) is 19.2 Å². The van der Waals surface area contributed by atoms with Crippen LogP contribution in [-0.4, -0.2) is 70.6 Å². The summed E-state index contributed by atoms with van der Waals surface area (Å²) in [5, 5.41) is 3.35. The van der Waals surface area contributed by atoms with Crippen molar-refractivity contribution in [2.45, 2.75) is 33.6 Å². The Bertz CT molecular complexity index is 587. The number of rotatable bonds is 11. The van der Waals surface area contributed by atoms with Gasteiger partial charge in [-0.2, -0.15) is 0 Å². The van der Waals surface area contributed by atoms with E-state index in [0.717, 1.165) is 70.6 Å². The van der Waals surface area contributed by atoms with Gasteiger partial charge in [-0.25, -0.2) is 0 Å². The van der Waals surface area contributed by atoms with Gasteiger partial charge in [0.15, 0.2) is 5.96 Å². The fraction of sp³-hybridized carbons (Fsp3) is 0.682. The largest absolute Gasteiger partial charge is 0.492 e. The molecule has 1 N–H and O–H groups in total. The van der Waals surface area contributed by atoms with Crippen molar-refractivity contribution < 1.29 is 14.2 Å². The lowest BCUT2D eigenvalue weighted by Gasteiger charge is -2.22. The lowest BCUT2D eigenvalue weighted by molar-refractivity contribution is 0.0893. The molecule has 1 heterocycles. The maximum Gasteiger partial charge on any atom is 0.193 e. The van der Waals surface area contributed by atoms with E-state index < -0.39 is 0 Å². The second-order valence-corrected chi connectivity index (χ2v) is 7.49. The number of aliphatic imine (C=N–C) groups is 1. The molecule has 1 fully saturated rings. The molecule has 0 radical (unpaired) electrons. The van der Waals surface area contributed by atoms with E-state index in [9.17, 15) is 0 Å². The summed E-state index contributed by atoms with van der Waals surface area (Å²) in [5.41, 5.74) is 2.45. The monoisotopic (exact) mass is 519 g/mol. The molecule has 1 aromatic rings. The fourth-order valence-electron chi connectivity index (χ4n) is 3.21. The van der Waals surface area contributed by atoms with Gasteiger partial charge >= 0.3 is 0 Å². The van der Waals surface area contributed by atoms with Crippen LogP contribution in [0.1, 0.15) is 30.9 Å². The number of likely N-dealkylation sites (N-methyl/N-ethyl adjacent to an activating group) is 1. The van der Waals surface area contributed by atoms with E-state index in [1.54, 1.807) is 0 Å². The minimum Gasteiger partial charge on any atom is -0.492 e. The molecule has 1 atom stereocenters. The summed E-state index contributed by atoms with van der Waals surface area (Å²) in [6.07, 6.45) is 2.05. The van der Waals surface area contributed by atoms with Crippen LogP contribution in [-0.2, 0) is 9.47 Å². The zero-order valence-corrected chi connectivity index (χ0v) is 20.7. The lowest BCUT2D eigenvalue weighted by Crippen LogP contribution is -2.41. The molecule has 166 valence electrons. The molecule has 0 aromatic heterocycles. The molecule has 1 aliphatic heterocycles. The zero-order valence-electron chi connectivity index (χ0n) is 18.4. The molecule has 29 heavy (non-hydrogen) atoms. The van der Waals surface area contributed by atoms with E-state index in [-0.39, 0.29) is 24.0 Å². The third-order valence-corrected chi connectivity index (χ3v) is 4.67. The lowest BCUT2D eigenvalue weighted by atomic mass is 10.1. The molecule has 7 heteroatoms. The first-order valence-electron chi connectivity index (χ1n) is 10.4. The summed E-state index contributed by atoms with van der Waals surface area (Å²) in [4.78, 5) is 6.82. The Kier molecular flexibility index (Phi) is 13.3. The van der Waals surface area contributed by atoms with Crippen molar-refractivity contribution in [1.82, 2.24) is 10.2 Å². The molecular formula is C22H38IN3O3. The summed E-state index contributed by atoms with van der Waals surface area (Å²) in [7, 11) is 2.04. The van der Waals surface area contributed by atoms with Crippen molar-refractivity contribution >= 4 is 29.9 Å². The Morgan fingerprint density at radius 1 is 1.24 bits per heavy atom. The van der Waals surface area contributed by atoms with Crippen molar-refractivity contribution in [1.29, 1.82) is 0 Å². The van der Waals surface area contributed by atoms with Crippen LogP contribution in [0, 0.1) is 19.8 Å². The van der Waals surface area contributed by atoms with Gasteiger partial charge in [0, 0.05) is 39.3 Å². The van der Waals surface area contributed by atoms with E-state index in [1.165, 1.54) is 11.1 Å². The van der Waals surface area contributed by atoms with E-state index in [2.05, 4.69) is 49.2 Å². The number of benzene rings is 1. The van der Waals surface area contributed by atoms with Crippen molar-refractivity contribution in [3.63, 3.8) is 0 Å². The first kappa shape index (κ1) is 26.0. The first-order chi connectivity index (χ1) is 13.6. The van der Waals surface area contributed by atoms with Gasteiger partial charge in [0.1, 0.15) is 12.4 Å². The van der Waals surface area contributed by atoms with Crippen molar-refractivity contribution in [3.8, 4) is 5.75 Å². The number of nitrogens with zero attached hydrogens (tertiary/aromatic N) is 2. The number of halogens is 1. The summed E-state index contributed by atoms with van der Waals surface area (Å²) in [6, 6.07) is 6.30. The van der Waals surface area contributed by atoms with Crippen LogP contribution in [0.4, 0.5) is 0 Å². The standard InChI is InChI=1S/C22H37N3O3.HI/c1-5-23-22(24-8-6-10-26-16-20-7-11-27-17-20)25(4)9-12-28-21-14-18(2)13-19(3)15-21;/h13-15,20H,5-12,16-17H2,1-4H3,(H,23,24);1H. The third kappa shape index (κ3) is 10.5. The van der Waals surface area contributed by atoms with Gasteiger partial charge in [-0.05, 0) is 56.9 Å². The van der Waals surface area contributed by atoms with Crippen molar-refractivity contribution in [2.75, 3.05) is 59.7 Å². The molecule has 6 nitrogen and oxygen atoms in total. The number of ether oxygens (including phenoxy) is 3. The predicted molar refractivity (Wildman–Crippen MR) is 130 cm³/mol. The molecule has 0 spiro atoms. The SMILES string of the molecule is CCNC(=NCCCOCC1CCOC1)N(C)CCOc1cc(C)cc(C)c1.I. The normalized spacial score (nSPS) is 16.4. The second kappa shape index (κ2) is 14.8. The van der Waals surface area contributed by atoms with Crippen LogP contribution in [0.5, 0.6) is 5.75 Å². The minimum atomic E-state index is 0. The zero-order chi connectivity index (χ0) is 20.2. The molecule has 0 amide bonds. The van der Waals surface area contributed by atoms with Crippen LogP contribution in [0.15, 0.2) is 23.2 Å². The quantitative estimate of drug-likeness (QED) is 0.210. The molecule has 0 bridgehead atoms. The first-order valence-corrected chi connectivity index (χ1v) is 10.4. The molecule has 0 aliphatic carbocycles. The molecular weight excluding hydrogens is 481 g/mol. The van der Waals surface area contributed by atoms with Crippen molar-refractivity contribution in [3.05, 3.63) is 29.3 Å². The number of hydrogen-bond donors (Lipinski definition) is 1. The average Bonchev–Trinajstić information content (AvgIpc) is 3.16. The van der Waals surface area contributed by atoms with Gasteiger partial charge in [0.05, 0.1) is 19.8 Å². The summed E-state index contributed by atoms with van der Waals surface area (Å²) < 4.78 is 17.0. The van der Waals surface area contributed by atoms with Crippen LogP contribution < -0.4 is 10.1 Å². The van der Waals surface area contributed by atoms with Crippen LogP contribution in [0.3, 0.4) is 0 Å². The number of nitrogens with one attached hydrogen (secondary N) is 1. The number of guanidine groups is 1. The number of hydrogen-bond acceptors (Lipinski definition) is 4. The third-order valence-electron chi connectivity index (χ3n) is 4.67. The Morgan fingerprint density at radius 3 is 2.66 bits per heavy atom. The Balaban J connectivity index is 0.00000420. The highest BCUT2D eigenvalue weighted by atomic mass is 127. The summed E-state index contributed by atoms with van der Waals surface area (Å²) in [6.45, 7) is 12.5. The Labute approximate surface area is 193 Å². The second-order valence-electron chi connectivity index (χ2n) is 7.49. The Morgan fingerprint density at radius 2 is 2.00 bits per heavy atom. The highest BCUT2D eigenvalue weighted by molar-refractivity contribution is 14.0. The highest BCUT2D eigenvalue weighted by Gasteiger charge is 2.15. The van der Waals surface area contributed by atoms with E-state index >= 15 is 0 Å². The van der Waals surface area contributed by atoms with Gasteiger partial charge in [-0.3, -0.25) is 4.99 Å². The molecule has 1 unspecified atom stereocenters. The predicted octanol–water partition coefficient (Wildman–Crippen LogP) is 3.64. The Hall–Kier alpha value is -1.06. The maximum atomic E-state index is 5.92. The number of aryl methyl sites for hydroxylation is 2.